The zero-order chi connectivity index (χ0) is 8.91. The van der Waals surface area contributed by atoms with Crippen molar-refractivity contribution in [3.05, 3.63) is 19.2 Å². The highest BCUT2D eigenvalue weighted by Gasteiger charge is 2.24. The van der Waals surface area contributed by atoms with E-state index in [9.17, 15) is 18.0 Å². The standard InChI is InChI=1S/C6H6F3NO/c1-10-5(11)3-2-4-6(7,8)9/h1-3H,4H2,(H,10,11)/b3-2+. The van der Waals surface area contributed by atoms with Crippen molar-refractivity contribution in [3.63, 3.8) is 0 Å². The summed E-state index contributed by atoms with van der Waals surface area (Å²) >= 11 is 0. The SMILES string of the molecule is [CH]NC(=O)/C=C/CC(F)(F)F. The van der Waals surface area contributed by atoms with Crippen LogP contribution in [0.5, 0.6) is 0 Å². The van der Waals surface area contributed by atoms with Gasteiger partial charge >= 0.3 is 6.18 Å². The van der Waals surface area contributed by atoms with Gasteiger partial charge in [-0.3, -0.25) is 4.79 Å². The summed E-state index contributed by atoms with van der Waals surface area (Å²) in [5.74, 6) is -0.755. The van der Waals surface area contributed by atoms with Crippen LogP contribution in [0.25, 0.3) is 0 Å². The van der Waals surface area contributed by atoms with Crippen LogP contribution in [0.4, 0.5) is 13.2 Å². The molecule has 0 fully saturated rings. The molecule has 0 aliphatic carbocycles. The maximum absolute atomic E-state index is 11.4. The molecule has 0 saturated carbocycles. The van der Waals surface area contributed by atoms with E-state index in [0.717, 1.165) is 6.08 Å². The molecule has 0 unspecified atom stereocenters. The van der Waals surface area contributed by atoms with Gasteiger partial charge in [-0.15, -0.1) is 0 Å². The predicted octanol–water partition coefficient (Wildman–Crippen LogP) is 1.28. The summed E-state index contributed by atoms with van der Waals surface area (Å²) in [7, 11) is 4.59. The number of carbonyl (C=O) groups excluding carboxylic acids is 1. The van der Waals surface area contributed by atoms with E-state index in [2.05, 4.69) is 7.05 Å². The van der Waals surface area contributed by atoms with Crippen LogP contribution in [0.15, 0.2) is 12.2 Å². The molecular formula is C6H6F3NO. The van der Waals surface area contributed by atoms with Gasteiger partial charge in [0.05, 0.1) is 13.5 Å². The molecule has 2 nitrogen and oxygen atoms in total. The lowest BCUT2D eigenvalue weighted by molar-refractivity contribution is -0.125. The van der Waals surface area contributed by atoms with Crippen molar-refractivity contribution in [2.24, 2.45) is 0 Å². The minimum Gasteiger partial charge on any atom is -0.346 e. The highest BCUT2D eigenvalue weighted by molar-refractivity contribution is 5.87. The number of rotatable bonds is 2. The third-order valence-corrected chi connectivity index (χ3v) is 0.761. The molecule has 11 heavy (non-hydrogen) atoms. The van der Waals surface area contributed by atoms with Crippen LogP contribution in [0, 0.1) is 7.05 Å². The Morgan fingerprint density at radius 1 is 1.55 bits per heavy atom. The van der Waals surface area contributed by atoms with Gasteiger partial charge in [0.15, 0.2) is 0 Å². The Hall–Kier alpha value is -1.00. The summed E-state index contributed by atoms with van der Waals surface area (Å²) in [4.78, 5) is 10.2. The van der Waals surface area contributed by atoms with Crippen molar-refractivity contribution < 1.29 is 18.0 Å². The molecule has 1 N–H and O–H groups in total. The second-order valence-electron chi connectivity index (χ2n) is 1.73. The van der Waals surface area contributed by atoms with Gasteiger partial charge in [-0.25, -0.2) is 0 Å². The first-order chi connectivity index (χ1) is 4.95. The Balaban J connectivity index is 3.70. The van der Waals surface area contributed by atoms with Crippen molar-refractivity contribution in [2.75, 3.05) is 0 Å². The highest BCUT2D eigenvalue weighted by Crippen LogP contribution is 2.19. The highest BCUT2D eigenvalue weighted by atomic mass is 19.4. The molecule has 0 aliphatic heterocycles. The lowest BCUT2D eigenvalue weighted by atomic mass is 10.3. The van der Waals surface area contributed by atoms with E-state index in [4.69, 9.17) is 0 Å². The Bertz CT molecular complexity index is 162. The molecule has 2 radical (unpaired) electrons. The monoisotopic (exact) mass is 165 g/mol. The predicted molar refractivity (Wildman–Crippen MR) is 32.3 cm³/mol. The molecule has 5 heteroatoms. The molecule has 0 saturated heterocycles. The van der Waals surface area contributed by atoms with Crippen molar-refractivity contribution in [1.82, 2.24) is 5.32 Å². The second kappa shape index (κ2) is 4.00. The van der Waals surface area contributed by atoms with Gasteiger partial charge in [0.1, 0.15) is 0 Å². The second-order valence-corrected chi connectivity index (χ2v) is 1.73. The van der Waals surface area contributed by atoms with Gasteiger partial charge in [-0.2, -0.15) is 13.2 Å². The normalized spacial score (nSPS) is 12.0. The fraction of sp³-hybridized carbons (Fsp3) is 0.333. The van der Waals surface area contributed by atoms with Crippen molar-refractivity contribution in [3.8, 4) is 0 Å². The minimum absolute atomic E-state index is 0.697. The number of nitrogens with one attached hydrogen (secondary N) is 1. The van der Waals surface area contributed by atoms with Crippen molar-refractivity contribution in [1.29, 1.82) is 0 Å². The van der Waals surface area contributed by atoms with Crippen LogP contribution in [0.2, 0.25) is 0 Å². The van der Waals surface area contributed by atoms with Crippen LogP contribution < -0.4 is 5.32 Å². The smallest absolute Gasteiger partial charge is 0.346 e. The average molecular weight is 165 g/mol. The van der Waals surface area contributed by atoms with Gasteiger partial charge in [0.2, 0.25) is 5.91 Å². The molecule has 0 aromatic carbocycles. The largest absolute Gasteiger partial charge is 0.392 e. The number of hydrogen-bond acceptors (Lipinski definition) is 1. The first-order valence-corrected chi connectivity index (χ1v) is 2.69. The molecule has 0 aromatic heterocycles. The Kier molecular flexibility index (Phi) is 3.64. The number of halogens is 3. The molecule has 0 heterocycles. The lowest BCUT2D eigenvalue weighted by Crippen LogP contribution is -2.12. The van der Waals surface area contributed by atoms with Crippen molar-refractivity contribution >= 4 is 5.91 Å². The fourth-order valence-corrected chi connectivity index (χ4v) is 0.348. The quantitative estimate of drug-likeness (QED) is 0.484. The van der Waals surface area contributed by atoms with Gasteiger partial charge in [-0.05, 0) is 6.08 Å². The van der Waals surface area contributed by atoms with E-state index in [1.165, 1.54) is 0 Å². The molecule has 0 spiro atoms. The first kappa shape index (κ1) is 10.0. The third kappa shape index (κ3) is 6.89. The van der Waals surface area contributed by atoms with Gasteiger partial charge in [-0.1, -0.05) is 6.08 Å². The molecule has 0 atom stereocenters. The van der Waals surface area contributed by atoms with Crippen LogP contribution >= 0.6 is 0 Å². The van der Waals surface area contributed by atoms with E-state index in [1.54, 1.807) is 5.32 Å². The van der Waals surface area contributed by atoms with Gasteiger partial charge < -0.3 is 5.32 Å². The summed E-state index contributed by atoms with van der Waals surface area (Å²) in [5, 5.41) is 1.66. The van der Waals surface area contributed by atoms with Crippen LogP contribution in [-0.4, -0.2) is 12.1 Å². The Morgan fingerprint density at radius 3 is 2.45 bits per heavy atom. The van der Waals surface area contributed by atoms with E-state index >= 15 is 0 Å². The van der Waals surface area contributed by atoms with Crippen LogP contribution in [0.1, 0.15) is 6.42 Å². The molecular weight excluding hydrogens is 159 g/mol. The summed E-state index contributed by atoms with van der Waals surface area (Å²) < 4.78 is 34.2. The Labute approximate surface area is 62.1 Å². The van der Waals surface area contributed by atoms with E-state index in [-0.39, 0.29) is 0 Å². The number of carbonyl (C=O) groups is 1. The topological polar surface area (TPSA) is 29.1 Å². The number of amides is 1. The number of allylic oxidation sites excluding steroid dienone is 1. The van der Waals surface area contributed by atoms with E-state index < -0.39 is 18.5 Å². The van der Waals surface area contributed by atoms with Crippen LogP contribution in [-0.2, 0) is 4.79 Å². The fourth-order valence-electron chi connectivity index (χ4n) is 0.348. The molecule has 1 amide bonds. The maximum atomic E-state index is 11.4. The summed E-state index contributed by atoms with van der Waals surface area (Å²) in [6, 6.07) is 0. The zero-order valence-corrected chi connectivity index (χ0v) is 5.48. The van der Waals surface area contributed by atoms with Gasteiger partial charge in [0.25, 0.3) is 0 Å². The number of hydrogen-bond donors (Lipinski definition) is 1. The Morgan fingerprint density at radius 2 is 2.09 bits per heavy atom. The molecule has 62 valence electrons. The molecule has 0 rings (SSSR count). The van der Waals surface area contributed by atoms with Gasteiger partial charge in [0, 0.05) is 0 Å². The summed E-state index contributed by atoms with van der Waals surface area (Å²) in [6.45, 7) is 0. The average Bonchev–Trinajstić information content (AvgIpc) is 1.85. The molecule has 0 aromatic rings. The maximum Gasteiger partial charge on any atom is 0.392 e. The molecule has 0 bridgehead atoms. The lowest BCUT2D eigenvalue weighted by Gasteiger charge is -1.99. The van der Waals surface area contributed by atoms with Crippen LogP contribution in [0.3, 0.4) is 0 Å². The first-order valence-electron chi connectivity index (χ1n) is 2.69. The van der Waals surface area contributed by atoms with E-state index in [0.29, 0.717) is 6.08 Å². The minimum atomic E-state index is -4.27. The van der Waals surface area contributed by atoms with Crippen molar-refractivity contribution in [2.45, 2.75) is 12.6 Å². The summed E-state index contributed by atoms with van der Waals surface area (Å²) in [6.07, 6.45) is -3.97. The number of alkyl halides is 3. The molecule has 0 aliphatic rings. The zero-order valence-electron chi connectivity index (χ0n) is 5.48. The van der Waals surface area contributed by atoms with E-state index in [1.807, 2.05) is 0 Å². The summed E-state index contributed by atoms with van der Waals surface area (Å²) in [5.41, 5.74) is 0. The third-order valence-electron chi connectivity index (χ3n) is 0.761.